The van der Waals surface area contributed by atoms with Gasteiger partial charge >= 0.3 is 5.97 Å². The van der Waals surface area contributed by atoms with Crippen LogP contribution in [0.2, 0.25) is 0 Å². The Kier molecular flexibility index (Phi) is 3.77. The van der Waals surface area contributed by atoms with Gasteiger partial charge in [-0.25, -0.2) is 4.79 Å². The Bertz CT molecular complexity index is 410. The molecule has 0 aliphatic rings. The van der Waals surface area contributed by atoms with Crippen LogP contribution in [-0.4, -0.2) is 23.3 Å². The number of ether oxygens (including phenoxy) is 1. The number of hydrogen-bond donors (Lipinski definition) is 2. The molecule has 0 amide bonds. The second kappa shape index (κ2) is 4.88. The normalized spacial score (nSPS) is 10.2. The molecule has 0 radical (unpaired) electrons. The Labute approximate surface area is 94.5 Å². The lowest BCUT2D eigenvalue weighted by Gasteiger charge is -2.13. The van der Waals surface area contributed by atoms with Crippen LogP contribution in [-0.2, 0) is 11.2 Å². The Morgan fingerprint density at radius 3 is 2.50 bits per heavy atom. The van der Waals surface area contributed by atoms with Crippen LogP contribution in [0.4, 0.5) is 0 Å². The molecule has 0 saturated heterocycles. The third-order valence-electron chi connectivity index (χ3n) is 2.53. The Balaban J connectivity index is 3.44. The van der Waals surface area contributed by atoms with Crippen molar-refractivity contribution < 1.29 is 19.7 Å². The van der Waals surface area contributed by atoms with Crippen LogP contribution in [0, 0.1) is 6.92 Å². The summed E-state index contributed by atoms with van der Waals surface area (Å²) in [4.78, 5) is 11.6. The second-order valence-corrected chi connectivity index (χ2v) is 3.63. The molecule has 0 fully saturated rings. The largest absolute Gasteiger partial charge is 0.508 e. The van der Waals surface area contributed by atoms with Gasteiger partial charge in [0.1, 0.15) is 11.5 Å². The van der Waals surface area contributed by atoms with Crippen LogP contribution in [0.15, 0.2) is 6.07 Å². The molecule has 16 heavy (non-hydrogen) atoms. The predicted octanol–water partition coefficient (Wildman–Crippen LogP) is 2.15. The molecule has 0 unspecified atom stereocenters. The molecule has 0 bridgehead atoms. The van der Waals surface area contributed by atoms with Crippen molar-refractivity contribution in [3.63, 3.8) is 0 Å². The number of benzene rings is 1. The highest BCUT2D eigenvalue weighted by Gasteiger charge is 2.20. The minimum Gasteiger partial charge on any atom is -0.508 e. The number of carbonyl (C=O) groups excluding carboxylic acids is 1. The summed E-state index contributed by atoms with van der Waals surface area (Å²) in [6, 6.07) is 1.26. The van der Waals surface area contributed by atoms with Crippen molar-refractivity contribution in [2.75, 3.05) is 7.11 Å². The van der Waals surface area contributed by atoms with Gasteiger partial charge in [-0.2, -0.15) is 0 Å². The molecular weight excluding hydrogens is 208 g/mol. The van der Waals surface area contributed by atoms with Gasteiger partial charge in [0, 0.05) is 17.2 Å². The second-order valence-electron chi connectivity index (χ2n) is 3.63. The number of hydrogen-bond acceptors (Lipinski definition) is 4. The van der Waals surface area contributed by atoms with Gasteiger partial charge in [0.05, 0.1) is 12.7 Å². The lowest BCUT2D eigenvalue weighted by molar-refractivity contribution is 0.0597. The van der Waals surface area contributed by atoms with Crippen LogP contribution in [0.5, 0.6) is 11.5 Å². The van der Waals surface area contributed by atoms with E-state index in [0.29, 0.717) is 17.5 Å². The average molecular weight is 224 g/mol. The van der Waals surface area contributed by atoms with Crippen LogP contribution < -0.4 is 0 Å². The molecule has 0 aliphatic heterocycles. The smallest absolute Gasteiger partial charge is 0.338 e. The molecule has 0 saturated carbocycles. The molecule has 1 rings (SSSR count). The minimum absolute atomic E-state index is 0.0645. The van der Waals surface area contributed by atoms with E-state index in [0.717, 1.165) is 6.42 Å². The molecular formula is C12H16O4. The van der Waals surface area contributed by atoms with Crippen LogP contribution in [0.1, 0.15) is 34.8 Å². The van der Waals surface area contributed by atoms with E-state index < -0.39 is 5.97 Å². The van der Waals surface area contributed by atoms with E-state index in [4.69, 9.17) is 0 Å². The number of methoxy groups -OCH3 is 1. The molecule has 0 atom stereocenters. The first kappa shape index (κ1) is 12.4. The number of phenols is 2. The number of aromatic hydroxyl groups is 2. The topological polar surface area (TPSA) is 66.8 Å². The minimum atomic E-state index is -0.535. The highest BCUT2D eigenvalue weighted by Crippen LogP contribution is 2.33. The Morgan fingerprint density at radius 1 is 1.38 bits per heavy atom. The van der Waals surface area contributed by atoms with Crippen molar-refractivity contribution in [1.82, 2.24) is 0 Å². The van der Waals surface area contributed by atoms with Crippen molar-refractivity contribution in [2.45, 2.75) is 26.7 Å². The summed E-state index contributed by atoms with van der Waals surface area (Å²) in [5.74, 6) is -0.699. The van der Waals surface area contributed by atoms with Crippen molar-refractivity contribution in [2.24, 2.45) is 0 Å². The molecule has 4 nitrogen and oxygen atoms in total. The number of phenolic OH excluding ortho intramolecular Hbond substituents is 2. The first-order chi connectivity index (χ1) is 7.52. The fourth-order valence-electron chi connectivity index (χ4n) is 1.69. The van der Waals surface area contributed by atoms with Crippen molar-refractivity contribution >= 4 is 5.97 Å². The van der Waals surface area contributed by atoms with Crippen LogP contribution in [0.25, 0.3) is 0 Å². The van der Waals surface area contributed by atoms with Gasteiger partial charge in [-0.05, 0) is 13.3 Å². The summed E-state index contributed by atoms with van der Waals surface area (Å²) in [7, 11) is 1.28. The highest BCUT2D eigenvalue weighted by atomic mass is 16.5. The van der Waals surface area contributed by atoms with Gasteiger partial charge in [-0.3, -0.25) is 0 Å². The lowest BCUT2D eigenvalue weighted by Crippen LogP contribution is -2.08. The third-order valence-corrected chi connectivity index (χ3v) is 2.53. The van der Waals surface area contributed by atoms with E-state index >= 15 is 0 Å². The summed E-state index contributed by atoms with van der Waals surface area (Å²) < 4.78 is 4.65. The van der Waals surface area contributed by atoms with Gasteiger partial charge in [0.15, 0.2) is 0 Å². The Hall–Kier alpha value is -1.71. The van der Waals surface area contributed by atoms with Crippen molar-refractivity contribution in [3.8, 4) is 11.5 Å². The summed E-state index contributed by atoms with van der Waals surface area (Å²) in [6.45, 7) is 3.57. The molecule has 2 N–H and O–H groups in total. The van der Waals surface area contributed by atoms with E-state index in [1.807, 2.05) is 6.92 Å². The number of rotatable bonds is 3. The van der Waals surface area contributed by atoms with Gasteiger partial charge < -0.3 is 14.9 Å². The maximum atomic E-state index is 11.6. The molecule has 0 aliphatic carbocycles. The van der Waals surface area contributed by atoms with E-state index in [1.165, 1.54) is 13.2 Å². The zero-order chi connectivity index (χ0) is 12.3. The van der Waals surface area contributed by atoms with Crippen molar-refractivity contribution in [1.29, 1.82) is 0 Å². The molecule has 1 aromatic rings. The van der Waals surface area contributed by atoms with Crippen LogP contribution >= 0.6 is 0 Å². The zero-order valence-corrected chi connectivity index (χ0v) is 9.70. The molecule has 88 valence electrons. The summed E-state index contributed by atoms with van der Waals surface area (Å²) in [5, 5.41) is 19.3. The van der Waals surface area contributed by atoms with E-state index in [1.54, 1.807) is 6.92 Å². The van der Waals surface area contributed by atoms with Crippen molar-refractivity contribution in [3.05, 3.63) is 22.8 Å². The maximum Gasteiger partial charge on any atom is 0.338 e. The molecule has 1 aromatic carbocycles. The SMILES string of the molecule is CCCc1c(O)cc(O)c(C)c1C(=O)OC. The molecule has 0 aromatic heterocycles. The third kappa shape index (κ3) is 2.10. The first-order valence-electron chi connectivity index (χ1n) is 5.15. The summed E-state index contributed by atoms with van der Waals surface area (Å²) in [6.07, 6.45) is 1.36. The summed E-state index contributed by atoms with van der Waals surface area (Å²) >= 11 is 0. The van der Waals surface area contributed by atoms with Gasteiger partial charge in [0.2, 0.25) is 0 Å². The van der Waals surface area contributed by atoms with Crippen LogP contribution in [0.3, 0.4) is 0 Å². The fraction of sp³-hybridized carbons (Fsp3) is 0.417. The highest BCUT2D eigenvalue weighted by molar-refractivity contribution is 5.94. The quantitative estimate of drug-likeness (QED) is 0.772. The molecule has 0 heterocycles. The average Bonchev–Trinajstić information content (AvgIpc) is 2.25. The van der Waals surface area contributed by atoms with Gasteiger partial charge in [-0.15, -0.1) is 0 Å². The van der Waals surface area contributed by atoms with Gasteiger partial charge in [-0.1, -0.05) is 13.3 Å². The van der Waals surface area contributed by atoms with E-state index in [-0.39, 0.29) is 17.1 Å². The monoisotopic (exact) mass is 224 g/mol. The number of esters is 1. The standard InChI is InChI=1S/C12H16O4/c1-4-5-8-10(14)6-9(13)7(2)11(8)12(15)16-3/h6,13-14H,4-5H2,1-3H3. The predicted molar refractivity (Wildman–Crippen MR) is 59.8 cm³/mol. The number of carbonyl (C=O) groups is 1. The molecule has 4 heteroatoms. The maximum absolute atomic E-state index is 11.6. The molecule has 0 spiro atoms. The first-order valence-corrected chi connectivity index (χ1v) is 5.15. The Morgan fingerprint density at radius 2 is 2.00 bits per heavy atom. The lowest BCUT2D eigenvalue weighted by atomic mass is 9.96. The zero-order valence-electron chi connectivity index (χ0n) is 9.70. The van der Waals surface area contributed by atoms with Gasteiger partial charge in [0.25, 0.3) is 0 Å². The van der Waals surface area contributed by atoms with E-state index in [9.17, 15) is 15.0 Å². The fourth-order valence-corrected chi connectivity index (χ4v) is 1.69. The van der Waals surface area contributed by atoms with E-state index in [2.05, 4.69) is 4.74 Å². The summed E-state index contributed by atoms with van der Waals surface area (Å²) in [5.41, 5.74) is 1.24.